The van der Waals surface area contributed by atoms with E-state index in [1.165, 1.54) is 31.7 Å². The average Bonchev–Trinajstić information content (AvgIpc) is 2.66. The van der Waals surface area contributed by atoms with Crippen LogP contribution in [0.3, 0.4) is 0 Å². The lowest BCUT2D eigenvalue weighted by atomic mass is 9.83. The van der Waals surface area contributed by atoms with Crippen molar-refractivity contribution in [2.45, 2.75) is 38.5 Å². The number of benzene rings is 1. The number of hydrogen-bond donors (Lipinski definition) is 1. The molecule has 0 bridgehead atoms. The van der Waals surface area contributed by atoms with Gasteiger partial charge in [0, 0.05) is 9.89 Å². The van der Waals surface area contributed by atoms with Crippen molar-refractivity contribution in [1.29, 1.82) is 0 Å². The van der Waals surface area contributed by atoms with Crippen LogP contribution >= 0.6 is 28.6 Å². The molecule has 0 N–H and O–H groups in total. The fourth-order valence-corrected chi connectivity index (χ4v) is 3.39. The molecule has 106 valence electrons. The van der Waals surface area contributed by atoms with E-state index >= 15 is 0 Å². The van der Waals surface area contributed by atoms with E-state index < -0.39 is 0 Å². The largest absolute Gasteiger partial charge is 0.490 e. The van der Waals surface area contributed by atoms with Gasteiger partial charge in [-0.2, -0.15) is 12.6 Å². The SMILES string of the molecule is Fc1ccc(Br)cc1OCC1(CS)CCCCCC1. The second kappa shape index (κ2) is 6.98. The van der Waals surface area contributed by atoms with E-state index in [1.54, 1.807) is 12.1 Å². The van der Waals surface area contributed by atoms with Gasteiger partial charge in [0.2, 0.25) is 0 Å². The topological polar surface area (TPSA) is 9.23 Å². The van der Waals surface area contributed by atoms with Crippen LogP contribution in [0.4, 0.5) is 4.39 Å². The molecule has 19 heavy (non-hydrogen) atoms. The van der Waals surface area contributed by atoms with Crippen molar-refractivity contribution < 1.29 is 9.13 Å². The molecular weight excluding hydrogens is 327 g/mol. The van der Waals surface area contributed by atoms with E-state index in [9.17, 15) is 4.39 Å². The van der Waals surface area contributed by atoms with E-state index in [0.29, 0.717) is 12.4 Å². The Morgan fingerprint density at radius 2 is 1.89 bits per heavy atom. The molecule has 1 aromatic rings. The number of halogens is 2. The first kappa shape index (κ1) is 15.2. The third-order valence-electron chi connectivity index (χ3n) is 3.93. The van der Waals surface area contributed by atoms with Gasteiger partial charge in [0.05, 0.1) is 6.61 Å². The quantitative estimate of drug-likeness (QED) is 0.579. The molecule has 1 saturated carbocycles. The summed E-state index contributed by atoms with van der Waals surface area (Å²) in [6.45, 7) is 0.559. The molecule has 1 aliphatic carbocycles. The maximum atomic E-state index is 13.7. The monoisotopic (exact) mass is 346 g/mol. The van der Waals surface area contributed by atoms with Gasteiger partial charge in [0.1, 0.15) is 0 Å². The van der Waals surface area contributed by atoms with Gasteiger partial charge in [-0.25, -0.2) is 4.39 Å². The van der Waals surface area contributed by atoms with Crippen LogP contribution in [0.2, 0.25) is 0 Å². The zero-order chi connectivity index (χ0) is 13.7. The van der Waals surface area contributed by atoms with Gasteiger partial charge in [-0.15, -0.1) is 0 Å². The van der Waals surface area contributed by atoms with E-state index in [0.717, 1.165) is 23.1 Å². The third-order valence-corrected chi connectivity index (χ3v) is 5.09. The Hall–Kier alpha value is -0.220. The van der Waals surface area contributed by atoms with Crippen LogP contribution in [0, 0.1) is 11.2 Å². The van der Waals surface area contributed by atoms with Crippen LogP contribution in [-0.4, -0.2) is 12.4 Å². The molecule has 0 amide bonds. The highest BCUT2D eigenvalue weighted by Crippen LogP contribution is 2.37. The molecule has 1 fully saturated rings. The summed E-state index contributed by atoms with van der Waals surface area (Å²) in [5.74, 6) is 0.841. The van der Waals surface area contributed by atoms with Gasteiger partial charge in [0.25, 0.3) is 0 Å². The molecule has 1 aromatic carbocycles. The second-order valence-electron chi connectivity index (χ2n) is 5.44. The lowest BCUT2D eigenvalue weighted by Crippen LogP contribution is -2.30. The Labute approximate surface area is 128 Å². The highest BCUT2D eigenvalue weighted by Gasteiger charge is 2.30. The van der Waals surface area contributed by atoms with E-state index in [-0.39, 0.29) is 11.2 Å². The highest BCUT2D eigenvalue weighted by atomic mass is 79.9. The first-order valence-corrected chi connectivity index (χ1v) is 8.26. The molecule has 4 heteroatoms. The zero-order valence-corrected chi connectivity index (χ0v) is 13.5. The van der Waals surface area contributed by atoms with E-state index in [1.807, 2.05) is 0 Å². The van der Waals surface area contributed by atoms with Gasteiger partial charge in [0.15, 0.2) is 11.6 Å². The minimum Gasteiger partial charge on any atom is -0.490 e. The highest BCUT2D eigenvalue weighted by molar-refractivity contribution is 9.10. The van der Waals surface area contributed by atoms with Crippen LogP contribution < -0.4 is 4.74 Å². The number of rotatable bonds is 4. The van der Waals surface area contributed by atoms with Gasteiger partial charge < -0.3 is 4.74 Å². The molecule has 0 atom stereocenters. The van der Waals surface area contributed by atoms with Gasteiger partial charge in [-0.05, 0) is 36.8 Å². The predicted molar refractivity (Wildman–Crippen MR) is 83.6 cm³/mol. The van der Waals surface area contributed by atoms with Crippen LogP contribution in [0.15, 0.2) is 22.7 Å². The Bertz CT molecular complexity index is 417. The predicted octanol–water partition coefficient (Wildman–Crippen LogP) is 5.24. The van der Waals surface area contributed by atoms with E-state index in [2.05, 4.69) is 28.6 Å². The van der Waals surface area contributed by atoms with Crippen molar-refractivity contribution in [3.05, 3.63) is 28.5 Å². The molecule has 0 unspecified atom stereocenters. The Morgan fingerprint density at radius 3 is 2.53 bits per heavy atom. The van der Waals surface area contributed by atoms with Crippen molar-refractivity contribution in [2.75, 3.05) is 12.4 Å². The second-order valence-corrected chi connectivity index (χ2v) is 6.67. The number of ether oxygens (including phenoxy) is 1. The maximum Gasteiger partial charge on any atom is 0.165 e. The first-order valence-electron chi connectivity index (χ1n) is 6.84. The maximum absolute atomic E-state index is 13.7. The molecule has 2 rings (SSSR count). The fraction of sp³-hybridized carbons (Fsp3) is 0.600. The molecular formula is C15H20BrFOS. The Kier molecular flexibility index (Phi) is 5.58. The summed E-state index contributed by atoms with van der Waals surface area (Å²) in [6, 6.07) is 4.81. The van der Waals surface area contributed by atoms with Crippen LogP contribution in [-0.2, 0) is 0 Å². The Balaban J connectivity index is 2.04. The summed E-state index contributed by atoms with van der Waals surface area (Å²) in [6.07, 6.45) is 7.30. The fourth-order valence-electron chi connectivity index (χ4n) is 2.65. The molecule has 0 saturated heterocycles. The minimum atomic E-state index is -0.300. The van der Waals surface area contributed by atoms with Crippen LogP contribution in [0.1, 0.15) is 38.5 Å². The lowest BCUT2D eigenvalue weighted by Gasteiger charge is -2.31. The first-order chi connectivity index (χ1) is 9.15. The third kappa shape index (κ3) is 4.12. The van der Waals surface area contributed by atoms with Gasteiger partial charge in [-0.1, -0.05) is 41.6 Å². The molecule has 0 radical (unpaired) electrons. The standard InChI is InChI=1S/C15H20BrFOS/c16-12-5-6-13(17)14(9-12)18-10-15(11-19)7-3-1-2-4-8-15/h5-6,9,19H,1-4,7-8,10-11H2. The van der Waals surface area contributed by atoms with Crippen LogP contribution in [0.5, 0.6) is 5.75 Å². The van der Waals surface area contributed by atoms with Gasteiger partial charge >= 0.3 is 0 Å². The summed E-state index contributed by atoms with van der Waals surface area (Å²) in [4.78, 5) is 0. The number of thiol groups is 1. The van der Waals surface area contributed by atoms with Crippen molar-refractivity contribution in [3.8, 4) is 5.75 Å². The van der Waals surface area contributed by atoms with Crippen molar-refractivity contribution >= 4 is 28.6 Å². The molecule has 0 aromatic heterocycles. The molecule has 1 aliphatic rings. The number of hydrogen-bond acceptors (Lipinski definition) is 2. The zero-order valence-electron chi connectivity index (χ0n) is 11.0. The Morgan fingerprint density at radius 1 is 1.21 bits per heavy atom. The summed E-state index contributed by atoms with van der Waals surface area (Å²) in [5.41, 5.74) is 0.106. The minimum absolute atomic E-state index is 0.106. The molecule has 0 spiro atoms. The van der Waals surface area contributed by atoms with Crippen molar-refractivity contribution in [1.82, 2.24) is 0 Å². The molecule has 0 aliphatic heterocycles. The van der Waals surface area contributed by atoms with E-state index in [4.69, 9.17) is 4.74 Å². The van der Waals surface area contributed by atoms with Gasteiger partial charge in [-0.3, -0.25) is 0 Å². The normalized spacial score (nSPS) is 18.9. The summed E-state index contributed by atoms with van der Waals surface area (Å²) in [5, 5.41) is 0. The lowest BCUT2D eigenvalue weighted by molar-refractivity contribution is 0.144. The molecule has 0 heterocycles. The van der Waals surface area contributed by atoms with Crippen molar-refractivity contribution in [2.24, 2.45) is 5.41 Å². The summed E-state index contributed by atoms with van der Waals surface area (Å²) < 4.78 is 20.3. The molecule has 1 nitrogen and oxygen atoms in total. The average molecular weight is 347 g/mol. The van der Waals surface area contributed by atoms with Crippen LogP contribution in [0.25, 0.3) is 0 Å². The van der Waals surface area contributed by atoms with Crippen molar-refractivity contribution in [3.63, 3.8) is 0 Å². The summed E-state index contributed by atoms with van der Waals surface area (Å²) >= 11 is 7.85. The smallest absolute Gasteiger partial charge is 0.165 e. The summed E-state index contributed by atoms with van der Waals surface area (Å²) in [7, 11) is 0.